The summed E-state index contributed by atoms with van der Waals surface area (Å²) in [6.07, 6.45) is 1.82. The van der Waals surface area contributed by atoms with Crippen LogP contribution in [0.3, 0.4) is 0 Å². The predicted molar refractivity (Wildman–Crippen MR) is 69.9 cm³/mol. The monoisotopic (exact) mass is 230 g/mol. The van der Waals surface area contributed by atoms with Crippen LogP contribution in [0.25, 0.3) is 5.69 Å². The largest absolute Gasteiger partial charge is 0.295 e. The fourth-order valence-electron chi connectivity index (χ4n) is 2.07. The molecule has 0 amide bonds. The summed E-state index contributed by atoms with van der Waals surface area (Å²) in [5, 5.41) is 3.15. The molecule has 0 aliphatic rings. The second-order valence-corrected chi connectivity index (χ2v) is 4.44. The maximum atomic E-state index is 12.2. The SMILES string of the molecule is CCCc1c(C)[nH]n(-c2cccc(C)c2)c1=O. The highest BCUT2D eigenvalue weighted by Gasteiger charge is 2.11. The lowest BCUT2D eigenvalue weighted by Gasteiger charge is -2.02. The van der Waals surface area contributed by atoms with Gasteiger partial charge in [0.25, 0.3) is 5.56 Å². The normalized spacial score (nSPS) is 10.8. The van der Waals surface area contributed by atoms with Gasteiger partial charge in [0.1, 0.15) is 0 Å². The van der Waals surface area contributed by atoms with E-state index in [1.54, 1.807) is 4.68 Å². The molecule has 17 heavy (non-hydrogen) atoms. The molecule has 0 saturated carbocycles. The van der Waals surface area contributed by atoms with Gasteiger partial charge in [0.15, 0.2) is 0 Å². The highest BCUT2D eigenvalue weighted by molar-refractivity contribution is 5.36. The lowest BCUT2D eigenvalue weighted by molar-refractivity contribution is 0.831. The van der Waals surface area contributed by atoms with Crippen molar-refractivity contribution in [1.29, 1.82) is 0 Å². The molecule has 3 nitrogen and oxygen atoms in total. The van der Waals surface area contributed by atoms with Crippen LogP contribution in [0.2, 0.25) is 0 Å². The van der Waals surface area contributed by atoms with E-state index in [1.165, 1.54) is 0 Å². The van der Waals surface area contributed by atoms with Crippen molar-refractivity contribution in [1.82, 2.24) is 9.78 Å². The van der Waals surface area contributed by atoms with Gasteiger partial charge in [0.05, 0.1) is 5.69 Å². The maximum absolute atomic E-state index is 12.2. The van der Waals surface area contributed by atoms with Gasteiger partial charge in [-0.3, -0.25) is 9.89 Å². The molecule has 0 spiro atoms. The first-order valence-electron chi connectivity index (χ1n) is 6.01. The van der Waals surface area contributed by atoms with Crippen LogP contribution in [0.4, 0.5) is 0 Å². The van der Waals surface area contributed by atoms with E-state index in [-0.39, 0.29) is 5.56 Å². The summed E-state index contributed by atoms with van der Waals surface area (Å²) in [5.74, 6) is 0. The summed E-state index contributed by atoms with van der Waals surface area (Å²) in [4.78, 5) is 12.2. The second-order valence-electron chi connectivity index (χ2n) is 4.44. The number of hydrogen-bond donors (Lipinski definition) is 1. The van der Waals surface area contributed by atoms with Crippen LogP contribution in [0.15, 0.2) is 29.1 Å². The van der Waals surface area contributed by atoms with Gasteiger partial charge >= 0.3 is 0 Å². The number of benzene rings is 1. The summed E-state index contributed by atoms with van der Waals surface area (Å²) in [7, 11) is 0. The molecule has 1 heterocycles. The minimum Gasteiger partial charge on any atom is -0.295 e. The molecule has 3 heteroatoms. The first-order valence-corrected chi connectivity index (χ1v) is 6.01. The lowest BCUT2D eigenvalue weighted by Crippen LogP contribution is -2.17. The lowest BCUT2D eigenvalue weighted by atomic mass is 10.1. The molecule has 0 aliphatic carbocycles. The second kappa shape index (κ2) is 4.62. The van der Waals surface area contributed by atoms with Crippen LogP contribution in [-0.4, -0.2) is 9.78 Å². The maximum Gasteiger partial charge on any atom is 0.274 e. The minimum absolute atomic E-state index is 0.0787. The van der Waals surface area contributed by atoms with Crippen LogP contribution in [0, 0.1) is 13.8 Å². The molecule has 0 fully saturated rings. The van der Waals surface area contributed by atoms with Crippen LogP contribution < -0.4 is 5.56 Å². The Kier molecular flexibility index (Phi) is 3.18. The summed E-state index contributed by atoms with van der Waals surface area (Å²) < 4.78 is 1.63. The molecule has 0 saturated heterocycles. The van der Waals surface area contributed by atoms with Gasteiger partial charge in [-0.15, -0.1) is 0 Å². The molecule has 0 bridgehead atoms. The number of hydrogen-bond acceptors (Lipinski definition) is 1. The van der Waals surface area contributed by atoms with Gasteiger partial charge in [0.2, 0.25) is 0 Å². The van der Waals surface area contributed by atoms with Gasteiger partial charge in [-0.05, 0) is 38.0 Å². The Morgan fingerprint density at radius 1 is 1.29 bits per heavy atom. The quantitative estimate of drug-likeness (QED) is 0.865. The van der Waals surface area contributed by atoms with Crippen molar-refractivity contribution in [3.63, 3.8) is 0 Å². The number of H-pyrrole nitrogens is 1. The third-order valence-corrected chi connectivity index (χ3v) is 2.95. The molecule has 0 unspecified atom stereocenters. The molecule has 2 rings (SSSR count). The Balaban J connectivity index is 2.54. The van der Waals surface area contributed by atoms with Crippen LogP contribution in [-0.2, 0) is 6.42 Å². The summed E-state index contributed by atoms with van der Waals surface area (Å²) in [6, 6.07) is 7.94. The Labute approximate surface area is 101 Å². The third kappa shape index (κ3) is 2.18. The predicted octanol–water partition coefficient (Wildman–Crippen LogP) is 2.73. The van der Waals surface area contributed by atoms with E-state index >= 15 is 0 Å². The molecule has 2 aromatic rings. The van der Waals surface area contributed by atoms with Crippen molar-refractivity contribution in [2.75, 3.05) is 0 Å². The number of aromatic nitrogens is 2. The highest BCUT2D eigenvalue weighted by atomic mass is 16.1. The van der Waals surface area contributed by atoms with E-state index in [4.69, 9.17) is 0 Å². The summed E-state index contributed by atoms with van der Waals surface area (Å²) in [5.41, 5.74) is 4.00. The van der Waals surface area contributed by atoms with E-state index in [2.05, 4.69) is 12.0 Å². The molecule has 90 valence electrons. The number of aromatic amines is 1. The van der Waals surface area contributed by atoms with E-state index in [0.717, 1.165) is 35.3 Å². The third-order valence-electron chi connectivity index (χ3n) is 2.95. The first-order chi connectivity index (χ1) is 8.13. The Morgan fingerprint density at radius 2 is 2.06 bits per heavy atom. The summed E-state index contributed by atoms with van der Waals surface area (Å²) in [6.45, 7) is 6.07. The molecule has 0 radical (unpaired) electrons. The number of nitrogens with one attached hydrogen (secondary N) is 1. The zero-order valence-electron chi connectivity index (χ0n) is 10.6. The zero-order valence-corrected chi connectivity index (χ0v) is 10.6. The Bertz CT molecular complexity index is 578. The number of rotatable bonds is 3. The standard InChI is InChI=1S/C14H18N2O/c1-4-6-13-11(3)15-16(14(13)17)12-8-5-7-10(2)9-12/h5,7-9,15H,4,6H2,1-3H3. The van der Waals surface area contributed by atoms with Gasteiger partial charge in [-0.1, -0.05) is 25.5 Å². The van der Waals surface area contributed by atoms with Crippen LogP contribution >= 0.6 is 0 Å². The van der Waals surface area contributed by atoms with Crippen LogP contribution in [0.5, 0.6) is 0 Å². The highest BCUT2D eigenvalue weighted by Crippen LogP contribution is 2.10. The Hall–Kier alpha value is -1.77. The van der Waals surface area contributed by atoms with Crippen molar-refractivity contribution >= 4 is 0 Å². The average molecular weight is 230 g/mol. The minimum atomic E-state index is 0.0787. The molecule has 1 N–H and O–H groups in total. The Morgan fingerprint density at radius 3 is 2.71 bits per heavy atom. The molecular formula is C14H18N2O. The van der Waals surface area contributed by atoms with E-state index in [1.807, 2.05) is 38.1 Å². The van der Waals surface area contributed by atoms with Crippen LogP contribution in [0.1, 0.15) is 30.2 Å². The van der Waals surface area contributed by atoms with E-state index < -0.39 is 0 Å². The molecule has 1 aromatic carbocycles. The van der Waals surface area contributed by atoms with Gasteiger partial charge < -0.3 is 0 Å². The number of nitrogens with zero attached hydrogens (tertiary/aromatic N) is 1. The number of aryl methyl sites for hydroxylation is 2. The fraction of sp³-hybridized carbons (Fsp3) is 0.357. The van der Waals surface area contributed by atoms with Crippen molar-refractivity contribution in [3.05, 3.63) is 51.4 Å². The fourth-order valence-corrected chi connectivity index (χ4v) is 2.07. The zero-order chi connectivity index (χ0) is 12.4. The van der Waals surface area contributed by atoms with Crippen molar-refractivity contribution in [2.24, 2.45) is 0 Å². The average Bonchev–Trinajstić information content (AvgIpc) is 2.57. The summed E-state index contributed by atoms with van der Waals surface area (Å²) >= 11 is 0. The van der Waals surface area contributed by atoms with E-state index in [9.17, 15) is 4.79 Å². The van der Waals surface area contributed by atoms with E-state index in [0.29, 0.717) is 0 Å². The smallest absolute Gasteiger partial charge is 0.274 e. The molecular weight excluding hydrogens is 212 g/mol. The molecule has 0 aliphatic heterocycles. The van der Waals surface area contributed by atoms with Crippen molar-refractivity contribution in [3.8, 4) is 5.69 Å². The molecule has 0 atom stereocenters. The topological polar surface area (TPSA) is 37.8 Å². The van der Waals surface area contributed by atoms with Crippen molar-refractivity contribution < 1.29 is 0 Å². The van der Waals surface area contributed by atoms with Gasteiger partial charge in [0, 0.05) is 11.3 Å². The van der Waals surface area contributed by atoms with Gasteiger partial charge in [-0.2, -0.15) is 0 Å². The van der Waals surface area contributed by atoms with Crippen molar-refractivity contribution in [2.45, 2.75) is 33.6 Å². The van der Waals surface area contributed by atoms with Gasteiger partial charge in [-0.25, -0.2) is 4.68 Å². The first kappa shape index (κ1) is 11.7. The molecule has 1 aromatic heterocycles.